The maximum Gasteiger partial charge on any atom is 0.356 e. The Hall–Kier alpha value is -2.50. The van der Waals surface area contributed by atoms with Crippen molar-refractivity contribution in [1.29, 1.82) is 0 Å². The maximum absolute atomic E-state index is 10.8. The quantitative estimate of drug-likeness (QED) is 0.887. The minimum Gasteiger partial charge on any atom is -0.497 e. The fraction of sp³-hybridized carbons (Fsp3) is 0.231. The molecule has 0 radical (unpaired) electrons. The number of rotatable bonds is 5. The summed E-state index contributed by atoms with van der Waals surface area (Å²) in [6.07, 6.45) is 1.45. The van der Waals surface area contributed by atoms with Crippen LogP contribution in [-0.2, 0) is 13.7 Å². The summed E-state index contributed by atoms with van der Waals surface area (Å²) in [7, 11) is 3.32. The van der Waals surface area contributed by atoms with E-state index in [9.17, 15) is 4.79 Å². The summed E-state index contributed by atoms with van der Waals surface area (Å²) in [5, 5.41) is 8.83. The first-order chi connectivity index (χ1) is 9.10. The molecule has 2 rings (SSSR count). The van der Waals surface area contributed by atoms with Crippen molar-refractivity contribution in [2.24, 2.45) is 7.05 Å². The van der Waals surface area contributed by atoms with E-state index in [4.69, 9.17) is 14.6 Å². The van der Waals surface area contributed by atoms with Gasteiger partial charge in [-0.1, -0.05) is 0 Å². The van der Waals surface area contributed by atoms with Crippen LogP contribution >= 0.6 is 0 Å². The van der Waals surface area contributed by atoms with Crippen LogP contribution in [0.2, 0.25) is 0 Å². The summed E-state index contributed by atoms with van der Waals surface area (Å²) in [6.45, 7) is 0.204. The van der Waals surface area contributed by atoms with E-state index in [-0.39, 0.29) is 12.3 Å². The third-order valence-corrected chi connectivity index (χ3v) is 2.62. The molecular formula is C13H14N2O4. The molecule has 2 aromatic rings. The van der Waals surface area contributed by atoms with E-state index in [0.717, 1.165) is 5.75 Å². The Kier molecular flexibility index (Phi) is 3.70. The minimum absolute atomic E-state index is 0.0100. The fourth-order valence-electron chi connectivity index (χ4n) is 1.56. The van der Waals surface area contributed by atoms with Gasteiger partial charge in [-0.05, 0) is 24.3 Å². The summed E-state index contributed by atoms with van der Waals surface area (Å²) in [5.41, 5.74) is 0.0100. The van der Waals surface area contributed by atoms with Crippen molar-refractivity contribution in [3.63, 3.8) is 0 Å². The molecule has 1 aromatic carbocycles. The van der Waals surface area contributed by atoms with E-state index < -0.39 is 5.97 Å². The Labute approximate surface area is 110 Å². The van der Waals surface area contributed by atoms with Crippen molar-refractivity contribution >= 4 is 5.97 Å². The van der Waals surface area contributed by atoms with Gasteiger partial charge in [-0.15, -0.1) is 0 Å². The first-order valence-corrected chi connectivity index (χ1v) is 5.62. The number of ether oxygens (including phenoxy) is 2. The third-order valence-electron chi connectivity index (χ3n) is 2.62. The van der Waals surface area contributed by atoms with Crippen LogP contribution in [0.1, 0.15) is 16.3 Å². The SMILES string of the molecule is COc1ccc(OCc2nc(C(=O)O)cn2C)cc1. The number of hydrogen-bond donors (Lipinski definition) is 1. The van der Waals surface area contributed by atoms with Crippen molar-refractivity contribution in [2.75, 3.05) is 7.11 Å². The van der Waals surface area contributed by atoms with E-state index in [1.54, 1.807) is 43.0 Å². The van der Waals surface area contributed by atoms with Crippen LogP contribution in [0, 0.1) is 0 Å². The molecule has 0 saturated heterocycles. The van der Waals surface area contributed by atoms with E-state index >= 15 is 0 Å². The second-order valence-corrected chi connectivity index (χ2v) is 3.92. The second-order valence-electron chi connectivity index (χ2n) is 3.92. The Morgan fingerprint density at radius 1 is 1.32 bits per heavy atom. The molecule has 0 unspecified atom stereocenters. The monoisotopic (exact) mass is 262 g/mol. The predicted octanol–water partition coefficient (Wildman–Crippen LogP) is 1.71. The number of carboxylic acids is 1. The number of hydrogen-bond acceptors (Lipinski definition) is 4. The first-order valence-electron chi connectivity index (χ1n) is 5.62. The van der Waals surface area contributed by atoms with Gasteiger partial charge in [0.15, 0.2) is 5.69 Å². The van der Waals surface area contributed by atoms with E-state index in [1.165, 1.54) is 6.20 Å². The van der Waals surface area contributed by atoms with Gasteiger partial charge in [0.1, 0.15) is 23.9 Å². The molecule has 0 aliphatic heterocycles. The van der Waals surface area contributed by atoms with Crippen LogP contribution in [0.25, 0.3) is 0 Å². The minimum atomic E-state index is -1.05. The number of benzene rings is 1. The molecule has 0 aliphatic rings. The highest BCUT2D eigenvalue weighted by Gasteiger charge is 2.11. The number of carboxylic acid groups (broad SMARTS) is 1. The average molecular weight is 262 g/mol. The molecule has 1 N–H and O–H groups in total. The summed E-state index contributed by atoms with van der Waals surface area (Å²) >= 11 is 0. The van der Waals surface area contributed by atoms with E-state index in [2.05, 4.69) is 4.98 Å². The second kappa shape index (κ2) is 5.43. The number of carbonyl (C=O) groups is 1. The molecule has 0 saturated carbocycles. The van der Waals surface area contributed by atoms with Crippen LogP contribution < -0.4 is 9.47 Å². The molecule has 0 atom stereocenters. The van der Waals surface area contributed by atoms with Crippen molar-refractivity contribution < 1.29 is 19.4 Å². The number of nitrogens with zero attached hydrogens (tertiary/aromatic N) is 2. The summed E-state index contributed by atoms with van der Waals surface area (Å²) in [6, 6.07) is 7.13. The molecule has 0 amide bonds. The number of aromatic carboxylic acids is 1. The van der Waals surface area contributed by atoms with E-state index in [0.29, 0.717) is 11.6 Å². The summed E-state index contributed by atoms with van der Waals surface area (Å²) < 4.78 is 12.2. The predicted molar refractivity (Wildman–Crippen MR) is 67.5 cm³/mol. The van der Waals surface area contributed by atoms with Gasteiger partial charge in [0.05, 0.1) is 7.11 Å². The lowest BCUT2D eigenvalue weighted by Crippen LogP contribution is -2.03. The molecule has 100 valence electrons. The molecular weight excluding hydrogens is 248 g/mol. The molecule has 0 aliphatic carbocycles. The first kappa shape index (κ1) is 12.9. The zero-order valence-corrected chi connectivity index (χ0v) is 10.7. The van der Waals surface area contributed by atoms with Crippen LogP contribution in [-0.4, -0.2) is 27.7 Å². The molecule has 6 heteroatoms. The molecule has 0 spiro atoms. The van der Waals surface area contributed by atoms with Gasteiger partial charge in [0, 0.05) is 13.2 Å². The molecule has 19 heavy (non-hydrogen) atoms. The van der Waals surface area contributed by atoms with Gasteiger partial charge in [-0.2, -0.15) is 0 Å². The zero-order valence-electron chi connectivity index (χ0n) is 10.7. The Morgan fingerprint density at radius 3 is 2.47 bits per heavy atom. The molecule has 1 heterocycles. The Balaban J connectivity index is 2.03. The zero-order chi connectivity index (χ0) is 13.8. The van der Waals surface area contributed by atoms with Crippen LogP contribution in [0.5, 0.6) is 11.5 Å². The van der Waals surface area contributed by atoms with Gasteiger partial charge in [-0.3, -0.25) is 0 Å². The molecule has 1 aromatic heterocycles. The Morgan fingerprint density at radius 2 is 1.95 bits per heavy atom. The van der Waals surface area contributed by atoms with Gasteiger partial charge in [0.2, 0.25) is 0 Å². The maximum atomic E-state index is 10.8. The van der Waals surface area contributed by atoms with Crippen molar-refractivity contribution in [2.45, 2.75) is 6.61 Å². The standard InChI is InChI=1S/C13H14N2O4/c1-15-7-11(13(16)17)14-12(15)8-19-10-5-3-9(18-2)4-6-10/h3-7H,8H2,1-2H3,(H,16,17). The fourth-order valence-corrected chi connectivity index (χ4v) is 1.56. The highest BCUT2D eigenvalue weighted by Crippen LogP contribution is 2.18. The van der Waals surface area contributed by atoms with Crippen molar-refractivity contribution in [3.05, 3.63) is 42.0 Å². The topological polar surface area (TPSA) is 73.6 Å². The number of aryl methyl sites for hydroxylation is 1. The molecule has 0 bridgehead atoms. The van der Waals surface area contributed by atoms with Gasteiger partial charge >= 0.3 is 5.97 Å². The number of methoxy groups -OCH3 is 1. The highest BCUT2D eigenvalue weighted by molar-refractivity contribution is 5.85. The average Bonchev–Trinajstić information content (AvgIpc) is 2.79. The van der Waals surface area contributed by atoms with Crippen molar-refractivity contribution in [1.82, 2.24) is 9.55 Å². The lowest BCUT2D eigenvalue weighted by molar-refractivity contribution is 0.0690. The molecule has 0 fully saturated rings. The lowest BCUT2D eigenvalue weighted by Gasteiger charge is -2.06. The van der Waals surface area contributed by atoms with Gasteiger partial charge in [-0.25, -0.2) is 9.78 Å². The Bertz CT molecular complexity index is 575. The van der Waals surface area contributed by atoms with Gasteiger partial charge in [0.25, 0.3) is 0 Å². The van der Waals surface area contributed by atoms with Gasteiger partial charge < -0.3 is 19.1 Å². The number of aromatic nitrogens is 2. The van der Waals surface area contributed by atoms with Crippen LogP contribution in [0.15, 0.2) is 30.5 Å². The van der Waals surface area contributed by atoms with Crippen molar-refractivity contribution in [3.8, 4) is 11.5 Å². The summed E-state index contributed by atoms with van der Waals surface area (Å²) in [5.74, 6) is 0.915. The normalized spacial score (nSPS) is 10.2. The smallest absolute Gasteiger partial charge is 0.356 e. The largest absolute Gasteiger partial charge is 0.497 e. The van der Waals surface area contributed by atoms with Crippen LogP contribution in [0.3, 0.4) is 0 Å². The third kappa shape index (κ3) is 3.04. The number of imidazole rings is 1. The molecule has 6 nitrogen and oxygen atoms in total. The summed E-state index contributed by atoms with van der Waals surface area (Å²) in [4.78, 5) is 14.8. The van der Waals surface area contributed by atoms with Crippen LogP contribution in [0.4, 0.5) is 0 Å². The lowest BCUT2D eigenvalue weighted by atomic mass is 10.3. The van der Waals surface area contributed by atoms with E-state index in [1.807, 2.05) is 0 Å². The highest BCUT2D eigenvalue weighted by atomic mass is 16.5.